The van der Waals surface area contributed by atoms with E-state index in [4.69, 9.17) is 4.74 Å². The lowest BCUT2D eigenvalue weighted by Gasteiger charge is -2.23. The second kappa shape index (κ2) is 6.48. The van der Waals surface area contributed by atoms with Gasteiger partial charge in [0.25, 0.3) is 5.91 Å². The first-order valence-electron chi connectivity index (χ1n) is 6.60. The molecule has 0 fully saturated rings. The highest BCUT2D eigenvalue weighted by Gasteiger charge is 2.17. The number of rotatable bonds is 4. The number of carbonyl (C=O) groups is 1. The molecule has 1 aromatic heterocycles. The number of amides is 1. The third-order valence-corrected chi connectivity index (χ3v) is 3.97. The molecule has 3 rings (SSSR count). The zero-order chi connectivity index (χ0) is 15.4. The summed E-state index contributed by atoms with van der Waals surface area (Å²) in [6.07, 6.45) is 8.71. The number of aliphatic imine (C=N–C) groups is 1. The summed E-state index contributed by atoms with van der Waals surface area (Å²) in [6, 6.07) is 3.63. The van der Waals surface area contributed by atoms with Crippen LogP contribution in [0.1, 0.15) is 5.56 Å². The van der Waals surface area contributed by atoms with Gasteiger partial charge in [-0.15, -0.1) is 0 Å². The van der Waals surface area contributed by atoms with Crippen molar-refractivity contribution in [3.05, 3.63) is 58.4 Å². The average Bonchev–Trinajstić information content (AvgIpc) is 2.59. The van der Waals surface area contributed by atoms with E-state index in [1.165, 1.54) is 11.8 Å². The van der Waals surface area contributed by atoms with E-state index in [9.17, 15) is 4.79 Å². The summed E-state index contributed by atoms with van der Waals surface area (Å²) >= 11 is 1.40. The second-order valence-corrected chi connectivity index (χ2v) is 5.44. The monoisotopic (exact) mass is 314 g/mol. The van der Waals surface area contributed by atoms with Crippen LogP contribution in [0.5, 0.6) is 5.88 Å². The predicted molar refractivity (Wildman–Crippen MR) is 85.9 cm³/mol. The van der Waals surface area contributed by atoms with Gasteiger partial charge in [0.1, 0.15) is 0 Å². The summed E-state index contributed by atoms with van der Waals surface area (Å²) in [7, 11) is 1.56. The van der Waals surface area contributed by atoms with E-state index in [2.05, 4.69) is 15.3 Å². The van der Waals surface area contributed by atoms with Gasteiger partial charge in [-0.2, -0.15) is 0 Å². The number of ether oxygens (including phenoxy) is 1. The van der Waals surface area contributed by atoms with Crippen LogP contribution in [0, 0.1) is 0 Å². The number of methoxy groups -OCH3 is 1. The number of hydrogen-bond donors (Lipinski definition) is 1. The molecule has 0 aromatic carbocycles. The predicted octanol–water partition coefficient (Wildman–Crippen LogP) is 1.99. The summed E-state index contributed by atoms with van der Waals surface area (Å²) in [5.74, 6) is 0.404. The van der Waals surface area contributed by atoms with Gasteiger partial charge < -0.3 is 15.0 Å². The van der Waals surface area contributed by atoms with E-state index < -0.39 is 0 Å². The van der Waals surface area contributed by atoms with Gasteiger partial charge in [0, 0.05) is 36.6 Å². The van der Waals surface area contributed by atoms with Crippen molar-refractivity contribution in [1.82, 2.24) is 15.2 Å². The number of pyridine rings is 1. The number of thioether (sulfide) groups is 1. The minimum absolute atomic E-state index is 0.126. The fraction of sp³-hybridized carbons (Fsp3) is 0.133. The minimum atomic E-state index is -0.126. The molecule has 2 aliphatic heterocycles. The third kappa shape index (κ3) is 3.20. The Bertz CT molecular complexity index is 709. The molecule has 0 bridgehead atoms. The quantitative estimate of drug-likeness (QED) is 0.920. The maximum absolute atomic E-state index is 12.2. The van der Waals surface area contributed by atoms with E-state index in [0.29, 0.717) is 17.3 Å². The fourth-order valence-electron chi connectivity index (χ4n) is 1.92. The van der Waals surface area contributed by atoms with Gasteiger partial charge in [0.15, 0.2) is 0 Å². The zero-order valence-corrected chi connectivity index (χ0v) is 12.7. The van der Waals surface area contributed by atoms with Crippen LogP contribution in [0.3, 0.4) is 0 Å². The largest absolute Gasteiger partial charge is 0.481 e. The van der Waals surface area contributed by atoms with Crippen LogP contribution in [0.2, 0.25) is 0 Å². The van der Waals surface area contributed by atoms with Gasteiger partial charge in [0.2, 0.25) is 5.88 Å². The number of allylic oxidation sites excluding steroid dienone is 1. The van der Waals surface area contributed by atoms with Gasteiger partial charge in [-0.25, -0.2) is 9.98 Å². The van der Waals surface area contributed by atoms with Crippen LogP contribution in [-0.4, -0.2) is 29.2 Å². The Balaban J connectivity index is 1.62. The summed E-state index contributed by atoms with van der Waals surface area (Å²) in [4.78, 5) is 22.7. The average molecular weight is 314 g/mol. The molecular formula is C15H14N4O2S. The Hall–Kier alpha value is -2.54. The van der Waals surface area contributed by atoms with Crippen molar-refractivity contribution in [2.24, 2.45) is 4.99 Å². The van der Waals surface area contributed by atoms with Gasteiger partial charge >= 0.3 is 0 Å². The number of aromatic nitrogens is 1. The van der Waals surface area contributed by atoms with E-state index in [1.54, 1.807) is 38.1 Å². The molecule has 0 spiro atoms. The molecule has 0 atom stereocenters. The summed E-state index contributed by atoms with van der Waals surface area (Å²) in [6.45, 7) is 0.417. The Morgan fingerprint density at radius 1 is 1.50 bits per heavy atom. The fourth-order valence-corrected chi connectivity index (χ4v) is 2.73. The number of hydrogen-bond acceptors (Lipinski definition) is 6. The van der Waals surface area contributed by atoms with E-state index in [0.717, 1.165) is 11.3 Å². The van der Waals surface area contributed by atoms with E-state index in [-0.39, 0.29) is 5.91 Å². The van der Waals surface area contributed by atoms with Gasteiger partial charge in [-0.3, -0.25) is 4.79 Å². The van der Waals surface area contributed by atoms with Crippen molar-refractivity contribution in [3.63, 3.8) is 0 Å². The summed E-state index contributed by atoms with van der Waals surface area (Å²) in [5.41, 5.74) is 1.93. The molecule has 0 saturated carbocycles. The highest BCUT2D eigenvalue weighted by atomic mass is 32.2. The normalized spacial score (nSPS) is 15.8. The molecule has 22 heavy (non-hydrogen) atoms. The molecule has 0 aliphatic carbocycles. The van der Waals surface area contributed by atoms with Crippen molar-refractivity contribution in [3.8, 4) is 5.88 Å². The molecule has 1 N–H and O–H groups in total. The maximum atomic E-state index is 12.2. The SMILES string of the molecule is COc1cc(CNC(=O)C2=CN3C=NC=CC3=CS2)ccn1. The molecular weight excluding hydrogens is 300 g/mol. The number of nitrogens with one attached hydrogen (secondary N) is 1. The third-order valence-electron chi connectivity index (χ3n) is 3.07. The first-order chi connectivity index (χ1) is 10.8. The van der Waals surface area contributed by atoms with Crippen LogP contribution in [0.25, 0.3) is 0 Å². The zero-order valence-electron chi connectivity index (χ0n) is 11.9. The highest BCUT2D eigenvalue weighted by molar-refractivity contribution is 8.06. The first kappa shape index (κ1) is 14.4. The Morgan fingerprint density at radius 2 is 2.41 bits per heavy atom. The lowest BCUT2D eigenvalue weighted by Crippen LogP contribution is -2.27. The number of fused-ring (bicyclic) bond motifs is 1. The molecule has 0 unspecified atom stereocenters. The lowest BCUT2D eigenvalue weighted by molar-refractivity contribution is -0.117. The topological polar surface area (TPSA) is 66.8 Å². The van der Waals surface area contributed by atoms with E-state index in [1.807, 2.05) is 22.5 Å². The number of nitrogens with zero attached hydrogens (tertiary/aromatic N) is 3. The smallest absolute Gasteiger partial charge is 0.259 e. The van der Waals surface area contributed by atoms with Gasteiger partial charge in [0.05, 0.1) is 24.1 Å². The molecule has 0 saturated heterocycles. The summed E-state index contributed by atoms with van der Waals surface area (Å²) in [5, 5.41) is 4.81. The molecule has 0 radical (unpaired) electrons. The maximum Gasteiger partial charge on any atom is 0.259 e. The van der Waals surface area contributed by atoms with Gasteiger partial charge in [-0.05, 0) is 17.7 Å². The van der Waals surface area contributed by atoms with Crippen molar-refractivity contribution >= 4 is 24.0 Å². The Morgan fingerprint density at radius 3 is 3.27 bits per heavy atom. The van der Waals surface area contributed by atoms with Gasteiger partial charge in [-0.1, -0.05) is 11.8 Å². The molecule has 7 heteroatoms. The molecule has 3 heterocycles. The number of carbonyl (C=O) groups excluding carboxylic acids is 1. The minimum Gasteiger partial charge on any atom is -0.481 e. The van der Waals surface area contributed by atoms with E-state index >= 15 is 0 Å². The van der Waals surface area contributed by atoms with Crippen molar-refractivity contribution in [2.75, 3.05) is 7.11 Å². The second-order valence-electron chi connectivity index (χ2n) is 4.53. The van der Waals surface area contributed by atoms with Crippen LogP contribution in [0.4, 0.5) is 0 Å². The van der Waals surface area contributed by atoms with Crippen LogP contribution >= 0.6 is 11.8 Å². The van der Waals surface area contributed by atoms with Crippen molar-refractivity contribution < 1.29 is 9.53 Å². The first-order valence-corrected chi connectivity index (χ1v) is 7.48. The lowest BCUT2D eigenvalue weighted by atomic mass is 10.2. The molecule has 1 aromatic rings. The Kier molecular flexibility index (Phi) is 4.24. The molecule has 112 valence electrons. The standard InChI is InChI=1S/C15H14N4O2S/c1-21-14-6-11(2-5-17-14)7-18-15(20)13-8-19-10-16-4-3-12(19)9-22-13/h2-6,8-10H,7H2,1H3,(H,18,20). The van der Waals surface area contributed by atoms with Crippen molar-refractivity contribution in [2.45, 2.75) is 6.54 Å². The van der Waals surface area contributed by atoms with Crippen LogP contribution < -0.4 is 10.1 Å². The summed E-state index contributed by atoms with van der Waals surface area (Å²) < 4.78 is 5.06. The molecule has 6 nitrogen and oxygen atoms in total. The highest BCUT2D eigenvalue weighted by Crippen LogP contribution is 2.28. The molecule has 1 amide bonds. The Labute approximate surface area is 132 Å². The van der Waals surface area contributed by atoms with Crippen LogP contribution in [0.15, 0.2) is 57.8 Å². The van der Waals surface area contributed by atoms with Crippen LogP contribution in [-0.2, 0) is 11.3 Å². The van der Waals surface area contributed by atoms with Crippen molar-refractivity contribution in [1.29, 1.82) is 0 Å². The molecule has 2 aliphatic rings.